The third-order valence-electron chi connectivity index (χ3n) is 2.97. The van der Waals surface area contributed by atoms with Gasteiger partial charge >= 0.3 is 0 Å². The number of hydrogen-bond acceptors (Lipinski definition) is 6. The molecular formula is C11H11N5OS. The molecule has 2 heterocycles. The van der Waals surface area contributed by atoms with Gasteiger partial charge in [0.25, 0.3) is 0 Å². The van der Waals surface area contributed by atoms with E-state index in [1.807, 2.05) is 25.2 Å². The average Bonchev–Trinajstić information content (AvgIpc) is 2.87. The molecule has 0 unspecified atom stereocenters. The first kappa shape index (κ1) is 11.1. The summed E-state index contributed by atoms with van der Waals surface area (Å²) in [7, 11) is 1.81. The molecule has 0 saturated carbocycles. The standard InChI is InChI=1S/C11H11N5OS/c1-16-9-4-3-8(12-11-13-14-15-18-11)6-7(9)2-5-10(16)17/h3-4,6H,2,5H2,1H3,(H,12,13,15). The normalized spacial score (nSPS) is 14.5. The minimum atomic E-state index is 0.163. The molecule has 7 heteroatoms. The maximum Gasteiger partial charge on any atom is 0.229 e. The fourth-order valence-corrected chi connectivity index (χ4v) is 2.43. The molecule has 0 radical (unpaired) electrons. The van der Waals surface area contributed by atoms with Gasteiger partial charge in [0.2, 0.25) is 11.0 Å². The number of anilines is 3. The zero-order valence-electron chi connectivity index (χ0n) is 9.75. The summed E-state index contributed by atoms with van der Waals surface area (Å²) in [5.41, 5.74) is 3.09. The van der Waals surface area contributed by atoms with Crippen molar-refractivity contribution in [3.63, 3.8) is 0 Å². The number of nitrogens with zero attached hydrogens (tertiary/aromatic N) is 4. The Bertz CT molecular complexity index is 583. The molecule has 1 aromatic carbocycles. The van der Waals surface area contributed by atoms with Crippen LogP contribution in [0.4, 0.5) is 16.5 Å². The summed E-state index contributed by atoms with van der Waals surface area (Å²) in [6.45, 7) is 0. The highest BCUT2D eigenvalue weighted by atomic mass is 32.1. The fourth-order valence-electron chi connectivity index (χ4n) is 2.04. The van der Waals surface area contributed by atoms with Crippen LogP contribution in [0.15, 0.2) is 18.2 Å². The molecule has 1 N–H and O–H groups in total. The molecule has 0 aliphatic carbocycles. The number of carbonyl (C=O) groups is 1. The summed E-state index contributed by atoms with van der Waals surface area (Å²) < 4.78 is 3.69. The molecule has 0 fully saturated rings. The molecule has 3 rings (SSSR count). The summed E-state index contributed by atoms with van der Waals surface area (Å²) in [5.74, 6) is 0.163. The minimum Gasteiger partial charge on any atom is -0.329 e. The van der Waals surface area contributed by atoms with E-state index in [4.69, 9.17) is 0 Å². The SMILES string of the molecule is CN1C(=O)CCc2cc(Nc3nnns3)ccc21. The number of amides is 1. The minimum absolute atomic E-state index is 0.163. The van der Waals surface area contributed by atoms with E-state index in [0.29, 0.717) is 11.6 Å². The number of hydrogen-bond donors (Lipinski definition) is 1. The zero-order valence-corrected chi connectivity index (χ0v) is 10.6. The maximum atomic E-state index is 11.6. The van der Waals surface area contributed by atoms with Crippen molar-refractivity contribution in [1.82, 2.24) is 14.8 Å². The van der Waals surface area contributed by atoms with Crippen LogP contribution in [0.5, 0.6) is 0 Å². The summed E-state index contributed by atoms with van der Waals surface area (Å²) in [6.07, 6.45) is 1.34. The molecule has 1 aromatic heterocycles. The lowest BCUT2D eigenvalue weighted by Gasteiger charge is -2.26. The van der Waals surface area contributed by atoms with Gasteiger partial charge in [-0.25, -0.2) is 0 Å². The monoisotopic (exact) mass is 261 g/mol. The Hall–Kier alpha value is -2.02. The lowest BCUT2D eigenvalue weighted by Crippen LogP contribution is -2.30. The number of benzene rings is 1. The fraction of sp³-hybridized carbons (Fsp3) is 0.273. The number of carbonyl (C=O) groups excluding carboxylic acids is 1. The number of fused-ring (bicyclic) bond motifs is 1. The van der Waals surface area contributed by atoms with Crippen LogP contribution in [-0.4, -0.2) is 27.8 Å². The van der Waals surface area contributed by atoms with Crippen LogP contribution in [0.25, 0.3) is 0 Å². The van der Waals surface area contributed by atoms with Crippen LogP contribution in [0.3, 0.4) is 0 Å². The van der Waals surface area contributed by atoms with Gasteiger partial charge in [-0.2, -0.15) is 0 Å². The van der Waals surface area contributed by atoms with Gasteiger partial charge in [-0.3, -0.25) is 4.79 Å². The Morgan fingerprint density at radius 2 is 2.28 bits per heavy atom. The van der Waals surface area contributed by atoms with Crippen molar-refractivity contribution in [2.45, 2.75) is 12.8 Å². The van der Waals surface area contributed by atoms with Gasteiger partial charge in [0.15, 0.2) is 0 Å². The van der Waals surface area contributed by atoms with Gasteiger partial charge < -0.3 is 10.2 Å². The Morgan fingerprint density at radius 1 is 1.39 bits per heavy atom. The van der Waals surface area contributed by atoms with E-state index in [1.165, 1.54) is 17.1 Å². The quantitative estimate of drug-likeness (QED) is 0.888. The predicted octanol–water partition coefficient (Wildman–Crippen LogP) is 1.59. The molecule has 0 atom stereocenters. The third kappa shape index (κ3) is 1.92. The Kier molecular flexibility index (Phi) is 2.67. The second kappa shape index (κ2) is 4.34. The largest absolute Gasteiger partial charge is 0.329 e. The Labute approximate surface area is 108 Å². The van der Waals surface area contributed by atoms with Crippen LogP contribution in [0.2, 0.25) is 0 Å². The van der Waals surface area contributed by atoms with Crippen LogP contribution in [0, 0.1) is 0 Å². The number of aryl methyl sites for hydroxylation is 1. The molecular weight excluding hydrogens is 250 g/mol. The van der Waals surface area contributed by atoms with E-state index in [2.05, 4.69) is 20.1 Å². The predicted molar refractivity (Wildman–Crippen MR) is 69.2 cm³/mol. The molecule has 0 spiro atoms. The summed E-state index contributed by atoms with van der Waals surface area (Å²) >= 11 is 1.21. The van der Waals surface area contributed by atoms with Gasteiger partial charge in [-0.05, 0) is 35.4 Å². The molecule has 1 aliphatic rings. The zero-order chi connectivity index (χ0) is 12.5. The Morgan fingerprint density at radius 3 is 3.06 bits per heavy atom. The van der Waals surface area contributed by atoms with E-state index in [9.17, 15) is 4.79 Å². The van der Waals surface area contributed by atoms with Crippen molar-refractivity contribution in [3.05, 3.63) is 23.8 Å². The summed E-state index contributed by atoms with van der Waals surface area (Å²) in [5, 5.41) is 11.2. The first-order valence-corrected chi connectivity index (χ1v) is 6.33. The van der Waals surface area contributed by atoms with E-state index >= 15 is 0 Å². The van der Waals surface area contributed by atoms with E-state index in [0.717, 1.165) is 17.8 Å². The molecule has 18 heavy (non-hydrogen) atoms. The molecule has 1 amide bonds. The number of aromatic nitrogens is 3. The highest BCUT2D eigenvalue weighted by molar-refractivity contribution is 7.09. The maximum absolute atomic E-state index is 11.6. The smallest absolute Gasteiger partial charge is 0.229 e. The topological polar surface area (TPSA) is 71.0 Å². The van der Waals surface area contributed by atoms with Crippen molar-refractivity contribution in [3.8, 4) is 0 Å². The summed E-state index contributed by atoms with van der Waals surface area (Å²) in [4.78, 5) is 13.3. The molecule has 6 nitrogen and oxygen atoms in total. The van der Waals surface area contributed by atoms with Gasteiger partial charge in [-0.15, -0.1) is 0 Å². The van der Waals surface area contributed by atoms with Crippen molar-refractivity contribution in [2.75, 3.05) is 17.3 Å². The number of rotatable bonds is 2. The van der Waals surface area contributed by atoms with Gasteiger partial charge in [0.1, 0.15) is 0 Å². The van der Waals surface area contributed by atoms with Gasteiger partial charge in [0, 0.05) is 36.4 Å². The van der Waals surface area contributed by atoms with E-state index in [-0.39, 0.29) is 5.91 Å². The van der Waals surface area contributed by atoms with E-state index < -0.39 is 0 Å². The van der Waals surface area contributed by atoms with Gasteiger partial charge in [-0.1, -0.05) is 9.59 Å². The molecule has 2 aromatic rings. The van der Waals surface area contributed by atoms with Crippen molar-refractivity contribution in [2.24, 2.45) is 0 Å². The third-order valence-corrected chi connectivity index (χ3v) is 3.49. The first-order chi connectivity index (χ1) is 8.74. The first-order valence-electron chi connectivity index (χ1n) is 5.55. The van der Waals surface area contributed by atoms with Crippen molar-refractivity contribution in [1.29, 1.82) is 0 Å². The Balaban J connectivity index is 1.89. The average molecular weight is 261 g/mol. The van der Waals surface area contributed by atoms with Crippen LogP contribution < -0.4 is 10.2 Å². The van der Waals surface area contributed by atoms with Crippen LogP contribution in [0.1, 0.15) is 12.0 Å². The molecule has 0 bridgehead atoms. The van der Waals surface area contributed by atoms with E-state index in [1.54, 1.807) is 4.90 Å². The van der Waals surface area contributed by atoms with Gasteiger partial charge in [0.05, 0.1) is 0 Å². The summed E-state index contributed by atoms with van der Waals surface area (Å²) in [6, 6.07) is 5.91. The molecule has 92 valence electrons. The lowest BCUT2D eigenvalue weighted by molar-refractivity contribution is -0.118. The molecule has 0 saturated heterocycles. The second-order valence-corrected chi connectivity index (χ2v) is 4.82. The number of nitrogens with one attached hydrogen (secondary N) is 1. The van der Waals surface area contributed by atoms with Crippen LogP contribution in [-0.2, 0) is 11.2 Å². The lowest BCUT2D eigenvalue weighted by atomic mass is 10.0. The molecule has 1 aliphatic heterocycles. The highest BCUT2D eigenvalue weighted by Gasteiger charge is 2.20. The highest BCUT2D eigenvalue weighted by Crippen LogP contribution is 2.30. The van der Waals surface area contributed by atoms with Crippen molar-refractivity contribution >= 4 is 33.9 Å². The second-order valence-electron chi connectivity index (χ2n) is 4.09. The van der Waals surface area contributed by atoms with Crippen molar-refractivity contribution < 1.29 is 4.79 Å². The van der Waals surface area contributed by atoms with Crippen LogP contribution >= 0.6 is 11.5 Å².